The van der Waals surface area contributed by atoms with Crippen LogP contribution >= 0.6 is 0 Å². The highest BCUT2D eigenvalue weighted by atomic mass is 19.1. The van der Waals surface area contributed by atoms with E-state index in [-0.39, 0.29) is 17.6 Å². The molecule has 1 heterocycles. The number of hydrogen-bond acceptors (Lipinski definition) is 3. The Bertz CT molecular complexity index is 991. The van der Waals surface area contributed by atoms with Gasteiger partial charge < -0.3 is 9.30 Å². The van der Waals surface area contributed by atoms with E-state index in [2.05, 4.69) is 15.4 Å². The average Bonchev–Trinajstić information content (AvgIpc) is 3.08. The molecule has 0 N–H and O–H groups in total. The number of carbonyl (C=O) groups is 2. The second kappa shape index (κ2) is 10.7. The van der Waals surface area contributed by atoms with Crippen LogP contribution in [0.1, 0.15) is 49.8 Å². The first-order chi connectivity index (χ1) is 14.6. The first kappa shape index (κ1) is 21.8. The van der Waals surface area contributed by atoms with E-state index in [1.807, 2.05) is 24.3 Å². The van der Waals surface area contributed by atoms with Gasteiger partial charge in [0.15, 0.2) is 0 Å². The molecule has 0 saturated heterocycles. The molecule has 1 aromatic heterocycles. The fraction of sp³-hybridized carbons (Fsp3) is 0.360. The second-order valence-corrected chi connectivity index (χ2v) is 7.61. The van der Waals surface area contributed by atoms with Gasteiger partial charge in [0.2, 0.25) is 0 Å². The molecular weight excluding hydrogens is 381 g/mol. The summed E-state index contributed by atoms with van der Waals surface area (Å²) in [5.41, 5.74) is 3.06. The summed E-state index contributed by atoms with van der Waals surface area (Å²) in [5.74, 6) is -0.218. The highest BCUT2D eigenvalue weighted by molar-refractivity contribution is 5.85. The summed E-state index contributed by atoms with van der Waals surface area (Å²) in [5, 5.41) is 1.10. The van der Waals surface area contributed by atoms with Crippen molar-refractivity contribution in [2.24, 2.45) is 0 Å². The molecule has 0 fully saturated rings. The predicted octanol–water partition coefficient (Wildman–Crippen LogP) is 5.45. The van der Waals surface area contributed by atoms with Gasteiger partial charge in [-0.1, -0.05) is 43.2 Å². The lowest BCUT2D eigenvalue weighted by molar-refractivity contribution is -0.140. The number of fused-ring (bicyclic) bond motifs is 1. The lowest BCUT2D eigenvalue weighted by Crippen LogP contribution is -2.10. The predicted molar refractivity (Wildman–Crippen MR) is 116 cm³/mol. The summed E-state index contributed by atoms with van der Waals surface area (Å²) >= 11 is 0. The second-order valence-electron chi connectivity index (χ2n) is 7.61. The molecule has 0 aliphatic rings. The number of hydrogen-bond donors (Lipinski definition) is 0. The van der Waals surface area contributed by atoms with Crippen molar-refractivity contribution < 1.29 is 18.7 Å². The van der Waals surface area contributed by atoms with Crippen LogP contribution in [0, 0.1) is 5.82 Å². The normalized spacial score (nSPS) is 11.0. The van der Waals surface area contributed by atoms with E-state index in [0.717, 1.165) is 47.8 Å². The molecule has 5 heteroatoms. The number of benzene rings is 2. The third-order valence-electron chi connectivity index (χ3n) is 5.34. The maximum Gasteiger partial charge on any atom is 0.305 e. The van der Waals surface area contributed by atoms with Crippen LogP contribution in [0.5, 0.6) is 0 Å². The van der Waals surface area contributed by atoms with Crippen molar-refractivity contribution in [3.63, 3.8) is 0 Å². The van der Waals surface area contributed by atoms with Gasteiger partial charge in [0.05, 0.1) is 7.11 Å². The van der Waals surface area contributed by atoms with E-state index in [1.165, 1.54) is 19.2 Å². The van der Waals surface area contributed by atoms with Crippen molar-refractivity contribution >= 4 is 22.7 Å². The zero-order valence-electron chi connectivity index (χ0n) is 17.4. The molecule has 3 rings (SSSR count). The summed E-state index contributed by atoms with van der Waals surface area (Å²) in [6, 6.07) is 16.6. The molecule has 158 valence electrons. The van der Waals surface area contributed by atoms with Crippen molar-refractivity contribution in [1.82, 2.24) is 4.57 Å². The van der Waals surface area contributed by atoms with Crippen molar-refractivity contribution in [2.45, 2.75) is 51.5 Å². The van der Waals surface area contributed by atoms with Crippen LogP contribution in [0.3, 0.4) is 0 Å². The van der Waals surface area contributed by atoms with Crippen molar-refractivity contribution in [2.75, 3.05) is 7.11 Å². The van der Waals surface area contributed by atoms with Crippen LogP contribution in [0.2, 0.25) is 0 Å². The third kappa shape index (κ3) is 6.02. The zero-order chi connectivity index (χ0) is 21.3. The van der Waals surface area contributed by atoms with Gasteiger partial charge in [-0.25, -0.2) is 4.39 Å². The summed E-state index contributed by atoms with van der Waals surface area (Å²) < 4.78 is 20.0. The van der Waals surface area contributed by atoms with Crippen LogP contribution in [0.25, 0.3) is 10.9 Å². The Hall–Kier alpha value is -2.95. The third-order valence-corrected chi connectivity index (χ3v) is 5.34. The van der Waals surface area contributed by atoms with E-state index < -0.39 is 0 Å². The topological polar surface area (TPSA) is 48.3 Å². The molecule has 0 amide bonds. The monoisotopic (exact) mass is 409 g/mol. The molecule has 3 aromatic rings. The molecule has 0 radical (unpaired) electrons. The van der Waals surface area contributed by atoms with Gasteiger partial charge in [-0.05, 0) is 48.1 Å². The first-order valence-corrected chi connectivity index (χ1v) is 10.5. The van der Waals surface area contributed by atoms with E-state index in [1.54, 1.807) is 12.1 Å². The highest BCUT2D eigenvalue weighted by Gasteiger charge is 2.13. The van der Waals surface area contributed by atoms with Gasteiger partial charge in [-0.3, -0.25) is 9.59 Å². The Morgan fingerprint density at radius 3 is 2.37 bits per heavy atom. The highest BCUT2D eigenvalue weighted by Crippen LogP contribution is 2.22. The Morgan fingerprint density at radius 2 is 1.63 bits per heavy atom. The number of ketones is 1. The molecule has 2 aromatic carbocycles. The van der Waals surface area contributed by atoms with Crippen LogP contribution < -0.4 is 0 Å². The molecule has 0 atom stereocenters. The molecule has 0 spiro atoms. The smallest absolute Gasteiger partial charge is 0.305 e. The fourth-order valence-electron chi connectivity index (χ4n) is 3.71. The summed E-state index contributed by atoms with van der Waals surface area (Å²) in [6.07, 6.45) is 4.85. The molecule has 0 bridgehead atoms. The molecule has 4 nitrogen and oxygen atoms in total. The van der Waals surface area contributed by atoms with Gasteiger partial charge in [0.1, 0.15) is 11.6 Å². The number of aromatic nitrogens is 1. The zero-order valence-corrected chi connectivity index (χ0v) is 17.4. The number of ether oxygens (including phenoxy) is 1. The standard InChI is InChI=1S/C25H28FNO3/c1-30-25(29)11-5-3-2-4-9-23(28)17-22-16-20-8-6-7-10-24(20)27(22)18-19-12-14-21(26)15-13-19/h6-8,10,12-16H,2-5,9,11,17-18H2,1H3. The van der Waals surface area contributed by atoms with Crippen molar-refractivity contribution in [1.29, 1.82) is 0 Å². The first-order valence-electron chi connectivity index (χ1n) is 10.5. The van der Waals surface area contributed by atoms with Gasteiger partial charge >= 0.3 is 5.97 Å². The fourth-order valence-corrected chi connectivity index (χ4v) is 3.71. The minimum atomic E-state index is -0.252. The number of methoxy groups -OCH3 is 1. The number of para-hydroxylation sites is 1. The number of rotatable bonds is 11. The molecule has 0 saturated carbocycles. The lowest BCUT2D eigenvalue weighted by atomic mass is 10.1. The SMILES string of the molecule is COC(=O)CCCCCCC(=O)Cc1cc2ccccc2n1Cc1ccc(F)cc1. The molecule has 30 heavy (non-hydrogen) atoms. The number of Topliss-reactive ketones (excluding diaryl/α,β-unsaturated/α-hetero) is 1. The van der Waals surface area contributed by atoms with Gasteiger partial charge in [-0.2, -0.15) is 0 Å². The van der Waals surface area contributed by atoms with Crippen molar-refractivity contribution in [3.8, 4) is 0 Å². The molecule has 0 aliphatic heterocycles. The Morgan fingerprint density at radius 1 is 0.933 bits per heavy atom. The quantitative estimate of drug-likeness (QED) is 0.312. The van der Waals surface area contributed by atoms with Gasteiger partial charge in [0, 0.05) is 37.0 Å². The molecule has 0 aliphatic carbocycles. The van der Waals surface area contributed by atoms with Crippen LogP contribution in [0.15, 0.2) is 54.6 Å². The number of halogens is 1. The largest absolute Gasteiger partial charge is 0.469 e. The van der Waals surface area contributed by atoms with Gasteiger partial charge in [0.25, 0.3) is 0 Å². The Labute approximate surface area is 176 Å². The van der Waals surface area contributed by atoms with Crippen LogP contribution in [-0.2, 0) is 27.3 Å². The Balaban J connectivity index is 1.60. The maximum absolute atomic E-state index is 13.2. The van der Waals surface area contributed by atoms with Gasteiger partial charge in [-0.15, -0.1) is 0 Å². The van der Waals surface area contributed by atoms with E-state index in [0.29, 0.717) is 25.8 Å². The van der Waals surface area contributed by atoms with E-state index in [9.17, 15) is 14.0 Å². The molecular formula is C25H28FNO3. The van der Waals surface area contributed by atoms with Crippen LogP contribution in [0.4, 0.5) is 4.39 Å². The summed E-state index contributed by atoms with van der Waals surface area (Å²) in [7, 11) is 1.40. The van der Waals surface area contributed by atoms with E-state index >= 15 is 0 Å². The van der Waals surface area contributed by atoms with Crippen LogP contribution in [-0.4, -0.2) is 23.4 Å². The van der Waals surface area contributed by atoms with Crippen molar-refractivity contribution in [3.05, 3.63) is 71.7 Å². The van der Waals surface area contributed by atoms with E-state index in [4.69, 9.17) is 0 Å². The summed E-state index contributed by atoms with van der Waals surface area (Å²) in [4.78, 5) is 23.7. The summed E-state index contributed by atoms with van der Waals surface area (Å²) in [6.45, 7) is 0.601. The number of esters is 1. The number of unbranched alkanes of at least 4 members (excludes halogenated alkanes) is 3. The average molecular weight is 410 g/mol. The lowest BCUT2D eigenvalue weighted by Gasteiger charge is -2.11. The molecule has 0 unspecified atom stereocenters. The number of nitrogens with zero attached hydrogens (tertiary/aromatic N) is 1. The number of carbonyl (C=O) groups excluding carboxylic acids is 2. The Kier molecular flexibility index (Phi) is 7.77. The minimum absolute atomic E-state index is 0.181. The minimum Gasteiger partial charge on any atom is -0.469 e. The maximum atomic E-state index is 13.2.